The summed E-state index contributed by atoms with van der Waals surface area (Å²) in [7, 11) is 0. The molecular formula is C11H19ClO4. The molecule has 0 aromatic rings. The van der Waals surface area contributed by atoms with Gasteiger partial charge >= 0.3 is 11.9 Å². The van der Waals surface area contributed by atoms with Crippen molar-refractivity contribution >= 4 is 23.5 Å². The number of alkyl halides is 1. The molecule has 0 fully saturated rings. The maximum absolute atomic E-state index is 11.7. The maximum atomic E-state index is 11.7. The summed E-state index contributed by atoms with van der Waals surface area (Å²) in [5.74, 6) is -2.22. The van der Waals surface area contributed by atoms with Crippen molar-refractivity contribution in [3.63, 3.8) is 0 Å². The van der Waals surface area contributed by atoms with Crippen LogP contribution in [0, 0.1) is 5.92 Å². The second kappa shape index (κ2) is 6.09. The minimum absolute atomic E-state index is 0.00178. The average molecular weight is 251 g/mol. The van der Waals surface area contributed by atoms with Crippen molar-refractivity contribution in [2.75, 3.05) is 0 Å². The normalized spacial score (nSPS) is 16.6. The first-order valence-corrected chi connectivity index (χ1v) is 5.75. The van der Waals surface area contributed by atoms with Crippen molar-refractivity contribution in [3.8, 4) is 0 Å². The summed E-state index contributed by atoms with van der Waals surface area (Å²) in [4.78, 5) is 20.8. The molecule has 0 aromatic heterocycles. The summed E-state index contributed by atoms with van der Waals surface area (Å²) < 4.78 is 4.98. The standard InChI is InChI=1S/C11H19ClO4/c1-5-8(4)16-10(15)11(12,9(13)14)6-7(2)3/h7-8H,5-6H2,1-4H3,(H,13,14). The number of esters is 1. The fraction of sp³-hybridized carbons (Fsp3) is 0.818. The molecule has 4 nitrogen and oxygen atoms in total. The number of carboxylic acids is 1. The predicted molar refractivity (Wildman–Crippen MR) is 61.5 cm³/mol. The monoisotopic (exact) mass is 250 g/mol. The van der Waals surface area contributed by atoms with Gasteiger partial charge < -0.3 is 9.84 Å². The van der Waals surface area contributed by atoms with Crippen LogP contribution in [0.2, 0.25) is 0 Å². The van der Waals surface area contributed by atoms with Crippen molar-refractivity contribution < 1.29 is 19.4 Å². The molecule has 0 heterocycles. The highest BCUT2D eigenvalue weighted by atomic mass is 35.5. The van der Waals surface area contributed by atoms with Crippen LogP contribution in [0.3, 0.4) is 0 Å². The SMILES string of the molecule is CCC(C)OC(=O)C(Cl)(CC(C)C)C(=O)O. The molecule has 5 heteroatoms. The largest absolute Gasteiger partial charge is 0.479 e. The van der Waals surface area contributed by atoms with Crippen molar-refractivity contribution in [2.24, 2.45) is 5.92 Å². The third-order valence-corrected chi connectivity index (χ3v) is 2.71. The lowest BCUT2D eigenvalue weighted by Crippen LogP contribution is -2.44. The number of carboxylic acid groups (broad SMARTS) is 1. The first kappa shape index (κ1) is 15.2. The van der Waals surface area contributed by atoms with Crippen LogP contribution < -0.4 is 0 Å². The lowest BCUT2D eigenvalue weighted by atomic mass is 9.96. The number of hydrogen-bond donors (Lipinski definition) is 1. The van der Waals surface area contributed by atoms with Crippen molar-refractivity contribution in [2.45, 2.75) is 51.5 Å². The Labute approximate surface area is 101 Å². The predicted octanol–water partition coefficient (Wildman–Crippen LogP) is 2.44. The van der Waals surface area contributed by atoms with Gasteiger partial charge in [-0.25, -0.2) is 9.59 Å². The van der Waals surface area contributed by atoms with Crippen molar-refractivity contribution in [1.29, 1.82) is 0 Å². The number of carbonyl (C=O) groups excluding carboxylic acids is 1. The van der Waals surface area contributed by atoms with Crippen molar-refractivity contribution in [1.82, 2.24) is 0 Å². The van der Waals surface area contributed by atoms with E-state index >= 15 is 0 Å². The Kier molecular flexibility index (Phi) is 5.79. The quantitative estimate of drug-likeness (QED) is 0.447. The molecule has 16 heavy (non-hydrogen) atoms. The van der Waals surface area contributed by atoms with Gasteiger partial charge in [-0.15, -0.1) is 0 Å². The molecule has 1 N–H and O–H groups in total. The first-order valence-electron chi connectivity index (χ1n) is 5.37. The topological polar surface area (TPSA) is 63.6 Å². The Morgan fingerprint density at radius 3 is 2.19 bits per heavy atom. The first-order chi connectivity index (χ1) is 7.24. The molecule has 0 aromatic carbocycles. The lowest BCUT2D eigenvalue weighted by Gasteiger charge is -2.24. The molecule has 94 valence electrons. The number of rotatable bonds is 6. The molecule has 0 spiro atoms. The molecule has 0 aliphatic heterocycles. The lowest BCUT2D eigenvalue weighted by molar-refractivity contribution is -0.160. The molecule has 0 rings (SSSR count). The van der Waals surface area contributed by atoms with E-state index in [1.807, 2.05) is 6.92 Å². The van der Waals surface area contributed by atoms with E-state index in [1.54, 1.807) is 20.8 Å². The van der Waals surface area contributed by atoms with E-state index in [-0.39, 0.29) is 18.4 Å². The molecule has 0 aliphatic rings. The minimum atomic E-state index is -1.96. The van der Waals surface area contributed by atoms with E-state index in [9.17, 15) is 9.59 Å². The Balaban J connectivity index is 4.77. The van der Waals surface area contributed by atoms with Crippen LogP contribution in [-0.2, 0) is 14.3 Å². The Morgan fingerprint density at radius 2 is 1.88 bits per heavy atom. The van der Waals surface area contributed by atoms with Crippen LogP contribution >= 0.6 is 11.6 Å². The zero-order chi connectivity index (χ0) is 12.9. The summed E-state index contributed by atoms with van der Waals surface area (Å²) in [6.07, 6.45) is 0.358. The number of carbonyl (C=O) groups is 2. The number of hydrogen-bond acceptors (Lipinski definition) is 3. The fourth-order valence-electron chi connectivity index (χ4n) is 1.18. The second-order valence-corrected chi connectivity index (χ2v) is 4.97. The molecule has 0 aliphatic carbocycles. The van der Waals surface area contributed by atoms with Gasteiger partial charge in [-0.1, -0.05) is 32.4 Å². The van der Waals surface area contributed by atoms with E-state index in [2.05, 4.69) is 0 Å². The molecule has 2 atom stereocenters. The van der Waals surface area contributed by atoms with Gasteiger partial charge in [0.1, 0.15) is 0 Å². The summed E-state index contributed by atoms with van der Waals surface area (Å²) >= 11 is 5.85. The number of aliphatic carboxylic acids is 1. The molecule has 0 saturated carbocycles. The van der Waals surface area contributed by atoms with Crippen LogP contribution in [0.5, 0.6) is 0 Å². The Bertz CT molecular complexity index is 265. The summed E-state index contributed by atoms with van der Waals surface area (Å²) in [6.45, 7) is 7.15. The second-order valence-electron chi connectivity index (χ2n) is 4.33. The van der Waals surface area contributed by atoms with E-state index in [0.717, 1.165) is 0 Å². The number of halogens is 1. The van der Waals surface area contributed by atoms with Gasteiger partial charge in [-0.2, -0.15) is 0 Å². The number of ether oxygens (including phenoxy) is 1. The van der Waals surface area contributed by atoms with Gasteiger partial charge in [0.2, 0.25) is 4.87 Å². The van der Waals surface area contributed by atoms with E-state index in [0.29, 0.717) is 6.42 Å². The average Bonchev–Trinajstić information content (AvgIpc) is 2.15. The summed E-state index contributed by atoms with van der Waals surface area (Å²) in [5, 5.41) is 9.00. The fourth-order valence-corrected chi connectivity index (χ4v) is 1.53. The highest BCUT2D eigenvalue weighted by Gasteiger charge is 2.46. The molecule has 0 amide bonds. The van der Waals surface area contributed by atoms with Gasteiger partial charge in [-0.3, -0.25) is 0 Å². The van der Waals surface area contributed by atoms with Crippen LogP contribution in [0.4, 0.5) is 0 Å². The highest BCUT2D eigenvalue weighted by Crippen LogP contribution is 2.27. The molecule has 0 bridgehead atoms. The van der Waals surface area contributed by atoms with E-state index in [1.165, 1.54) is 0 Å². The van der Waals surface area contributed by atoms with Gasteiger partial charge in [-0.05, 0) is 25.7 Å². The Hall–Kier alpha value is -0.770. The van der Waals surface area contributed by atoms with Gasteiger partial charge in [0.05, 0.1) is 6.10 Å². The molecular weight excluding hydrogens is 232 g/mol. The zero-order valence-corrected chi connectivity index (χ0v) is 10.9. The smallest absolute Gasteiger partial charge is 0.339 e. The zero-order valence-electron chi connectivity index (χ0n) is 10.1. The molecule has 2 unspecified atom stereocenters. The van der Waals surface area contributed by atoms with Gasteiger partial charge in [0, 0.05) is 0 Å². The summed E-state index contributed by atoms with van der Waals surface area (Å²) in [6, 6.07) is 0. The van der Waals surface area contributed by atoms with Gasteiger partial charge in [0.25, 0.3) is 0 Å². The molecule has 0 saturated heterocycles. The van der Waals surface area contributed by atoms with Crippen molar-refractivity contribution in [3.05, 3.63) is 0 Å². The van der Waals surface area contributed by atoms with Crippen LogP contribution in [-0.4, -0.2) is 28.0 Å². The Morgan fingerprint density at radius 1 is 1.38 bits per heavy atom. The van der Waals surface area contributed by atoms with E-state index < -0.39 is 16.8 Å². The van der Waals surface area contributed by atoms with E-state index in [4.69, 9.17) is 21.4 Å². The highest BCUT2D eigenvalue weighted by molar-refractivity contribution is 6.44. The minimum Gasteiger partial charge on any atom is -0.479 e. The maximum Gasteiger partial charge on any atom is 0.339 e. The molecule has 0 radical (unpaired) electrons. The third-order valence-electron chi connectivity index (χ3n) is 2.24. The third kappa shape index (κ3) is 4.00. The van der Waals surface area contributed by atoms with Crippen LogP contribution in [0.25, 0.3) is 0 Å². The van der Waals surface area contributed by atoms with Crippen LogP contribution in [0.15, 0.2) is 0 Å². The van der Waals surface area contributed by atoms with Gasteiger partial charge in [0.15, 0.2) is 0 Å². The van der Waals surface area contributed by atoms with Crippen LogP contribution in [0.1, 0.15) is 40.5 Å². The summed E-state index contributed by atoms with van der Waals surface area (Å²) in [5.41, 5.74) is 0.